The SMILES string of the molecule is CCOC(=O)N[C@H](Cc1c[nH]c2ccccc12)C(=O)Nc1nc2ccc(C)cc2s1. The third kappa shape index (κ3) is 4.28. The van der Waals surface area contributed by atoms with Gasteiger partial charge in [0.2, 0.25) is 5.91 Å². The summed E-state index contributed by atoms with van der Waals surface area (Å²) >= 11 is 1.40. The van der Waals surface area contributed by atoms with Crippen LogP contribution in [0.25, 0.3) is 21.1 Å². The number of benzene rings is 2. The van der Waals surface area contributed by atoms with Gasteiger partial charge in [0.15, 0.2) is 5.13 Å². The lowest BCUT2D eigenvalue weighted by molar-refractivity contribution is -0.118. The number of amides is 2. The number of thiazole rings is 1. The molecule has 2 aromatic carbocycles. The summed E-state index contributed by atoms with van der Waals surface area (Å²) in [6.07, 6.45) is 1.55. The molecule has 4 aromatic rings. The number of H-pyrrole nitrogens is 1. The van der Waals surface area contributed by atoms with E-state index in [1.54, 1.807) is 6.92 Å². The van der Waals surface area contributed by atoms with Crippen molar-refractivity contribution < 1.29 is 14.3 Å². The Hall–Kier alpha value is -3.39. The number of anilines is 1. The van der Waals surface area contributed by atoms with Gasteiger partial charge in [-0.3, -0.25) is 4.79 Å². The third-order valence-electron chi connectivity index (χ3n) is 4.76. The van der Waals surface area contributed by atoms with Crippen molar-refractivity contribution in [2.75, 3.05) is 11.9 Å². The molecule has 7 nitrogen and oxygen atoms in total. The molecule has 0 fully saturated rings. The maximum Gasteiger partial charge on any atom is 0.407 e. The number of nitrogens with one attached hydrogen (secondary N) is 3. The molecular formula is C22H22N4O3S. The van der Waals surface area contributed by atoms with Crippen LogP contribution in [0, 0.1) is 6.92 Å². The van der Waals surface area contributed by atoms with E-state index in [0.29, 0.717) is 11.6 Å². The van der Waals surface area contributed by atoms with Crippen LogP contribution in [0.5, 0.6) is 0 Å². The quantitative estimate of drug-likeness (QED) is 0.430. The summed E-state index contributed by atoms with van der Waals surface area (Å²) in [7, 11) is 0. The van der Waals surface area contributed by atoms with Crippen LogP contribution in [0.15, 0.2) is 48.7 Å². The summed E-state index contributed by atoms with van der Waals surface area (Å²) in [5.41, 5.74) is 3.87. The molecule has 2 amide bonds. The molecule has 154 valence electrons. The molecule has 1 atom stereocenters. The summed E-state index contributed by atoms with van der Waals surface area (Å²) in [6, 6.07) is 13.0. The van der Waals surface area contributed by atoms with Crippen molar-refractivity contribution >= 4 is 49.6 Å². The standard InChI is InChI=1S/C22H22N4O3S/c1-3-29-22(28)25-18(11-14-12-23-16-7-5-4-6-15(14)16)20(27)26-21-24-17-9-8-13(2)10-19(17)30-21/h4-10,12,18,23H,3,11H2,1-2H3,(H,25,28)(H,24,26,27)/t18-/m1/s1. The molecule has 0 saturated carbocycles. The van der Waals surface area contributed by atoms with Crippen LogP contribution in [0.4, 0.5) is 9.93 Å². The largest absolute Gasteiger partial charge is 0.450 e. The molecule has 2 heterocycles. The zero-order chi connectivity index (χ0) is 21.1. The van der Waals surface area contributed by atoms with Crippen LogP contribution in [0.2, 0.25) is 0 Å². The molecule has 2 aromatic heterocycles. The summed E-state index contributed by atoms with van der Waals surface area (Å²) in [6.45, 7) is 3.96. The van der Waals surface area contributed by atoms with E-state index in [1.807, 2.05) is 55.6 Å². The van der Waals surface area contributed by atoms with Crippen molar-refractivity contribution in [2.45, 2.75) is 26.3 Å². The highest BCUT2D eigenvalue weighted by molar-refractivity contribution is 7.22. The number of hydrogen-bond acceptors (Lipinski definition) is 5. The van der Waals surface area contributed by atoms with E-state index in [2.05, 4.69) is 20.6 Å². The Balaban J connectivity index is 1.57. The maximum absolute atomic E-state index is 13.0. The molecule has 30 heavy (non-hydrogen) atoms. The Bertz CT molecular complexity index is 1210. The Morgan fingerprint density at radius 3 is 2.90 bits per heavy atom. The lowest BCUT2D eigenvalue weighted by atomic mass is 10.0. The zero-order valence-electron chi connectivity index (χ0n) is 16.7. The average Bonchev–Trinajstić information content (AvgIpc) is 3.31. The number of fused-ring (bicyclic) bond motifs is 2. The van der Waals surface area contributed by atoms with Gasteiger partial charge in [0, 0.05) is 23.5 Å². The highest BCUT2D eigenvalue weighted by Gasteiger charge is 2.24. The minimum absolute atomic E-state index is 0.227. The van der Waals surface area contributed by atoms with Gasteiger partial charge in [-0.25, -0.2) is 9.78 Å². The fourth-order valence-corrected chi connectivity index (χ4v) is 4.29. The predicted octanol–water partition coefficient (Wildman–Crippen LogP) is 4.38. The van der Waals surface area contributed by atoms with Crippen molar-refractivity contribution in [1.29, 1.82) is 0 Å². The Morgan fingerprint density at radius 1 is 1.23 bits per heavy atom. The van der Waals surface area contributed by atoms with Gasteiger partial charge in [-0.15, -0.1) is 0 Å². The van der Waals surface area contributed by atoms with Crippen LogP contribution in [-0.2, 0) is 16.0 Å². The highest BCUT2D eigenvalue weighted by Crippen LogP contribution is 2.27. The first-order chi connectivity index (χ1) is 14.5. The molecule has 0 spiro atoms. The first kappa shape index (κ1) is 19.9. The summed E-state index contributed by atoms with van der Waals surface area (Å²) in [5.74, 6) is -0.343. The smallest absolute Gasteiger partial charge is 0.407 e. The van der Waals surface area contributed by atoms with Crippen LogP contribution < -0.4 is 10.6 Å². The molecule has 0 saturated heterocycles. The lowest BCUT2D eigenvalue weighted by Gasteiger charge is -2.17. The molecule has 4 rings (SSSR count). The van der Waals surface area contributed by atoms with Crippen molar-refractivity contribution in [3.8, 4) is 0 Å². The molecule has 0 aliphatic rings. The van der Waals surface area contributed by atoms with E-state index in [-0.39, 0.29) is 12.5 Å². The number of aromatic nitrogens is 2. The van der Waals surface area contributed by atoms with Crippen LogP contribution in [-0.4, -0.2) is 34.6 Å². The number of para-hydroxylation sites is 1. The second kappa shape index (κ2) is 8.54. The van der Waals surface area contributed by atoms with Crippen molar-refractivity contribution in [1.82, 2.24) is 15.3 Å². The molecule has 0 aliphatic carbocycles. The topological polar surface area (TPSA) is 96.1 Å². The van der Waals surface area contributed by atoms with Crippen LogP contribution in [0.3, 0.4) is 0 Å². The lowest BCUT2D eigenvalue weighted by Crippen LogP contribution is -2.45. The fraction of sp³-hybridized carbons (Fsp3) is 0.227. The van der Waals surface area contributed by atoms with E-state index in [4.69, 9.17) is 4.74 Å². The van der Waals surface area contributed by atoms with Gasteiger partial charge >= 0.3 is 6.09 Å². The zero-order valence-corrected chi connectivity index (χ0v) is 17.5. The number of nitrogens with zero attached hydrogens (tertiary/aromatic N) is 1. The van der Waals surface area contributed by atoms with Gasteiger partial charge in [-0.05, 0) is 43.2 Å². The number of ether oxygens (including phenoxy) is 1. The molecular weight excluding hydrogens is 400 g/mol. The number of alkyl carbamates (subject to hydrolysis) is 1. The molecule has 8 heteroatoms. The molecule has 0 aliphatic heterocycles. The molecule has 0 unspecified atom stereocenters. The van der Waals surface area contributed by atoms with Gasteiger partial charge < -0.3 is 20.4 Å². The van der Waals surface area contributed by atoms with E-state index >= 15 is 0 Å². The van der Waals surface area contributed by atoms with E-state index < -0.39 is 12.1 Å². The van der Waals surface area contributed by atoms with Crippen LogP contribution in [0.1, 0.15) is 18.1 Å². The number of rotatable bonds is 6. The van der Waals surface area contributed by atoms with Crippen LogP contribution >= 0.6 is 11.3 Å². The van der Waals surface area contributed by atoms with E-state index in [0.717, 1.165) is 32.2 Å². The first-order valence-corrected chi connectivity index (χ1v) is 10.5. The van der Waals surface area contributed by atoms with Gasteiger partial charge in [0.25, 0.3) is 0 Å². The first-order valence-electron chi connectivity index (χ1n) is 9.70. The highest BCUT2D eigenvalue weighted by atomic mass is 32.1. The third-order valence-corrected chi connectivity index (χ3v) is 5.69. The molecule has 0 bridgehead atoms. The molecule has 3 N–H and O–H groups in total. The minimum Gasteiger partial charge on any atom is -0.450 e. The second-order valence-electron chi connectivity index (χ2n) is 6.96. The van der Waals surface area contributed by atoms with Gasteiger partial charge in [-0.1, -0.05) is 35.6 Å². The Labute approximate surface area is 177 Å². The number of aromatic amines is 1. The number of carbonyl (C=O) groups excluding carboxylic acids is 2. The average molecular weight is 423 g/mol. The van der Waals surface area contributed by atoms with Gasteiger partial charge in [-0.2, -0.15) is 0 Å². The Morgan fingerprint density at radius 2 is 2.07 bits per heavy atom. The maximum atomic E-state index is 13.0. The number of carbonyl (C=O) groups is 2. The summed E-state index contributed by atoms with van der Waals surface area (Å²) < 4.78 is 5.99. The molecule has 0 radical (unpaired) electrons. The van der Waals surface area contributed by atoms with E-state index in [1.165, 1.54) is 11.3 Å². The number of aryl methyl sites for hydroxylation is 1. The van der Waals surface area contributed by atoms with Gasteiger partial charge in [0.05, 0.1) is 16.8 Å². The monoisotopic (exact) mass is 422 g/mol. The summed E-state index contributed by atoms with van der Waals surface area (Å²) in [4.78, 5) is 32.8. The number of hydrogen-bond donors (Lipinski definition) is 3. The van der Waals surface area contributed by atoms with E-state index in [9.17, 15) is 9.59 Å². The Kier molecular flexibility index (Phi) is 5.67. The minimum atomic E-state index is -0.808. The van der Waals surface area contributed by atoms with Crippen molar-refractivity contribution in [3.05, 3.63) is 59.8 Å². The van der Waals surface area contributed by atoms with Crippen molar-refractivity contribution in [2.24, 2.45) is 0 Å². The predicted molar refractivity (Wildman–Crippen MR) is 119 cm³/mol. The van der Waals surface area contributed by atoms with Gasteiger partial charge in [0.1, 0.15) is 6.04 Å². The second-order valence-corrected chi connectivity index (χ2v) is 7.99. The summed E-state index contributed by atoms with van der Waals surface area (Å²) in [5, 5.41) is 7.03. The normalized spacial score (nSPS) is 12.1. The van der Waals surface area contributed by atoms with Crippen molar-refractivity contribution in [3.63, 3.8) is 0 Å². The fourth-order valence-electron chi connectivity index (χ4n) is 3.32.